The predicted molar refractivity (Wildman–Crippen MR) is 46.8 cm³/mol. The number of thiazole rings is 1. The normalized spacial score (nSPS) is 10.6. The van der Waals surface area contributed by atoms with Crippen molar-refractivity contribution in [2.24, 2.45) is 0 Å². The molecule has 0 saturated carbocycles. The van der Waals surface area contributed by atoms with Crippen molar-refractivity contribution < 1.29 is 5.11 Å². The van der Waals surface area contributed by atoms with Gasteiger partial charge >= 0.3 is 0 Å². The topological polar surface area (TPSA) is 46.0 Å². The lowest BCUT2D eigenvalue weighted by Gasteiger charge is -1.88. The molecule has 0 atom stereocenters. The van der Waals surface area contributed by atoms with E-state index in [1.165, 1.54) is 17.5 Å². The second-order valence-electron chi connectivity index (χ2n) is 1.97. The highest BCUT2D eigenvalue weighted by Gasteiger charge is 2.04. The zero-order valence-electron chi connectivity index (χ0n) is 5.28. The summed E-state index contributed by atoms with van der Waals surface area (Å²) in [5, 5.41) is 9.25. The van der Waals surface area contributed by atoms with Gasteiger partial charge in [-0.05, 0) is 15.9 Å². The van der Waals surface area contributed by atoms with Crippen LogP contribution in [0.1, 0.15) is 0 Å². The quantitative estimate of drug-likeness (QED) is 0.755. The number of pyridine rings is 1. The number of aromatic nitrogens is 2. The van der Waals surface area contributed by atoms with Crippen LogP contribution in [-0.4, -0.2) is 15.1 Å². The fourth-order valence-corrected chi connectivity index (χ4v) is 2.19. The van der Waals surface area contributed by atoms with Gasteiger partial charge in [-0.1, -0.05) is 0 Å². The summed E-state index contributed by atoms with van der Waals surface area (Å²) in [6.45, 7) is 0. The van der Waals surface area contributed by atoms with Gasteiger partial charge in [0.15, 0.2) is 9.67 Å². The third kappa shape index (κ3) is 1.10. The Bertz CT molecular complexity index is 400. The highest BCUT2D eigenvalue weighted by atomic mass is 79.9. The maximum Gasteiger partial charge on any atom is 0.161 e. The summed E-state index contributed by atoms with van der Waals surface area (Å²) in [5.41, 5.74) is 0.608. The monoisotopic (exact) mass is 230 g/mol. The maximum atomic E-state index is 9.25. The molecule has 0 bridgehead atoms. The highest BCUT2D eigenvalue weighted by molar-refractivity contribution is 9.11. The van der Waals surface area contributed by atoms with E-state index in [0.29, 0.717) is 5.52 Å². The van der Waals surface area contributed by atoms with Gasteiger partial charge in [-0.15, -0.1) is 11.3 Å². The highest BCUT2D eigenvalue weighted by Crippen LogP contribution is 2.29. The minimum absolute atomic E-state index is 0.129. The summed E-state index contributed by atoms with van der Waals surface area (Å²) in [7, 11) is 0. The summed E-state index contributed by atoms with van der Waals surface area (Å²) in [4.78, 5) is 7.88. The van der Waals surface area contributed by atoms with Gasteiger partial charge in [0.1, 0.15) is 5.52 Å². The molecular weight excluding hydrogens is 228 g/mol. The summed E-state index contributed by atoms with van der Waals surface area (Å²) in [6.07, 6.45) is 3.06. The average Bonchev–Trinajstić information content (AvgIpc) is 2.31. The molecule has 0 aliphatic carbocycles. The van der Waals surface area contributed by atoms with Crippen molar-refractivity contribution in [3.05, 3.63) is 16.3 Å². The Labute approximate surface area is 74.9 Å². The number of aromatic hydroxyl groups is 1. The molecule has 2 aromatic rings. The minimum Gasteiger partial charge on any atom is -0.504 e. The van der Waals surface area contributed by atoms with E-state index in [-0.39, 0.29) is 5.75 Å². The number of halogens is 1. The van der Waals surface area contributed by atoms with Crippen LogP contribution in [0.5, 0.6) is 5.75 Å². The van der Waals surface area contributed by atoms with E-state index < -0.39 is 0 Å². The molecule has 0 aliphatic heterocycles. The average molecular weight is 231 g/mol. The first kappa shape index (κ1) is 7.00. The standard InChI is InChI=1S/C6H3BrN2OS/c7-6-9-5-3(10)1-8-2-4(5)11-6/h1-2,10H. The van der Waals surface area contributed by atoms with Crippen molar-refractivity contribution in [1.29, 1.82) is 0 Å². The molecule has 2 aromatic heterocycles. The van der Waals surface area contributed by atoms with Gasteiger partial charge in [0.05, 0.1) is 10.9 Å². The molecule has 2 rings (SSSR count). The molecule has 3 nitrogen and oxygen atoms in total. The molecule has 5 heteroatoms. The molecule has 0 radical (unpaired) electrons. The molecule has 0 amide bonds. The van der Waals surface area contributed by atoms with Crippen LogP contribution in [0.4, 0.5) is 0 Å². The Morgan fingerprint density at radius 1 is 1.45 bits per heavy atom. The Morgan fingerprint density at radius 2 is 2.27 bits per heavy atom. The fraction of sp³-hybridized carbons (Fsp3) is 0. The Morgan fingerprint density at radius 3 is 3.00 bits per heavy atom. The van der Waals surface area contributed by atoms with Gasteiger partial charge < -0.3 is 5.11 Å². The van der Waals surface area contributed by atoms with Crippen molar-refractivity contribution in [2.75, 3.05) is 0 Å². The second-order valence-corrected chi connectivity index (χ2v) is 4.28. The fourth-order valence-electron chi connectivity index (χ4n) is 0.813. The summed E-state index contributed by atoms with van der Waals surface area (Å²) >= 11 is 4.68. The van der Waals surface area contributed by atoms with E-state index in [1.807, 2.05) is 0 Å². The number of fused-ring (bicyclic) bond motifs is 1. The Hall–Kier alpha value is -0.680. The van der Waals surface area contributed by atoms with Crippen molar-refractivity contribution in [3.8, 4) is 5.75 Å². The number of nitrogens with zero attached hydrogens (tertiary/aromatic N) is 2. The van der Waals surface area contributed by atoms with Crippen LogP contribution in [0.3, 0.4) is 0 Å². The van der Waals surface area contributed by atoms with Crippen LogP contribution >= 0.6 is 27.3 Å². The molecule has 0 aromatic carbocycles. The van der Waals surface area contributed by atoms with E-state index in [4.69, 9.17) is 0 Å². The molecule has 0 fully saturated rings. The lowest BCUT2D eigenvalue weighted by molar-refractivity contribution is 0.478. The van der Waals surface area contributed by atoms with Gasteiger partial charge in [-0.2, -0.15) is 0 Å². The molecule has 1 N–H and O–H groups in total. The Kier molecular flexibility index (Phi) is 1.54. The predicted octanol–water partition coefficient (Wildman–Crippen LogP) is 2.16. The molecule has 0 spiro atoms. The second kappa shape index (κ2) is 2.42. The van der Waals surface area contributed by atoms with Gasteiger partial charge in [-0.25, -0.2) is 4.98 Å². The first-order chi connectivity index (χ1) is 5.27. The molecule has 0 aliphatic rings. The van der Waals surface area contributed by atoms with Crippen LogP contribution in [0.25, 0.3) is 10.2 Å². The molecular formula is C6H3BrN2OS. The summed E-state index contributed by atoms with van der Waals surface area (Å²) in [5.74, 6) is 0.129. The van der Waals surface area contributed by atoms with Crippen molar-refractivity contribution >= 4 is 37.5 Å². The van der Waals surface area contributed by atoms with Crippen molar-refractivity contribution in [1.82, 2.24) is 9.97 Å². The van der Waals surface area contributed by atoms with Crippen LogP contribution in [0.2, 0.25) is 0 Å². The van der Waals surface area contributed by atoms with E-state index >= 15 is 0 Å². The third-order valence-electron chi connectivity index (χ3n) is 1.26. The molecule has 11 heavy (non-hydrogen) atoms. The molecule has 0 saturated heterocycles. The minimum atomic E-state index is 0.129. The zero-order chi connectivity index (χ0) is 7.84. The van der Waals surface area contributed by atoms with E-state index in [9.17, 15) is 5.11 Å². The van der Waals surface area contributed by atoms with Crippen molar-refractivity contribution in [2.45, 2.75) is 0 Å². The zero-order valence-corrected chi connectivity index (χ0v) is 7.69. The first-order valence-electron chi connectivity index (χ1n) is 2.86. The van der Waals surface area contributed by atoms with E-state index in [1.54, 1.807) is 6.20 Å². The molecule has 56 valence electrons. The molecule has 0 unspecified atom stereocenters. The van der Waals surface area contributed by atoms with Crippen LogP contribution in [0, 0.1) is 0 Å². The lowest BCUT2D eigenvalue weighted by Crippen LogP contribution is -1.72. The number of hydrogen-bond donors (Lipinski definition) is 1. The van der Waals surface area contributed by atoms with Gasteiger partial charge in [0.25, 0.3) is 0 Å². The largest absolute Gasteiger partial charge is 0.504 e. The summed E-state index contributed by atoms with van der Waals surface area (Å²) < 4.78 is 1.65. The van der Waals surface area contributed by atoms with Crippen LogP contribution in [0.15, 0.2) is 16.3 Å². The molecule has 2 heterocycles. The number of rotatable bonds is 0. The number of hydrogen-bond acceptors (Lipinski definition) is 4. The van der Waals surface area contributed by atoms with Gasteiger partial charge in [-0.3, -0.25) is 4.98 Å². The Balaban J connectivity index is 2.90. The maximum absolute atomic E-state index is 9.25. The summed E-state index contributed by atoms with van der Waals surface area (Å²) in [6, 6.07) is 0. The van der Waals surface area contributed by atoms with E-state index in [0.717, 1.165) is 8.62 Å². The lowest BCUT2D eigenvalue weighted by atomic mass is 10.4. The first-order valence-corrected chi connectivity index (χ1v) is 4.47. The van der Waals surface area contributed by atoms with E-state index in [2.05, 4.69) is 25.9 Å². The third-order valence-corrected chi connectivity index (χ3v) is 2.70. The smallest absolute Gasteiger partial charge is 0.161 e. The van der Waals surface area contributed by atoms with Gasteiger partial charge in [0, 0.05) is 6.20 Å². The van der Waals surface area contributed by atoms with Gasteiger partial charge in [0.2, 0.25) is 0 Å². The van der Waals surface area contributed by atoms with Crippen LogP contribution < -0.4 is 0 Å². The van der Waals surface area contributed by atoms with Crippen LogP contribution in [-0.2, 0) is 0 Å². The van der Waals surface area contributed by atoms with Crippen molar-refractivity contribution in [3.63, 3.8) is 0 Å². The SMILES string of the molecule is Oc1cncc2sc(Br)nc12.